The number of carbonyl (C=O) groups excluding carboxylic acids is 1. The maximum Gasteiger partial charge on any atom is 0.248 e. The van der Waals surface area contributed by atoms with Gasteiger partial charge < -0.3 is 14.7 Å². The van der Waals surface area contributed by atoms with Crippen molar-refractivity contribution in [2.45, 2.75) is 31.6 Å². The second kappa shape index (κ2) is 9.19. The molecule has 10 heteroatoms. The number of aromatic nitrogens is 1. The van der Waals surface area contributed by atoms with E-state index in [1.807, 2.05) is 14.1 Å². The zero-order valence-electron chi connectivity index (χ0n) is 18.1. The lowest BCUT2D eigenvalue weighted by Gasteiger charge is -2.31. The zero-order chi connectivity index (χ0) is 22.8. The number of anilines is 1. The first-order valence-electron chi connectivity index (χ1n) is 9.97. The number of halogens is 1. The maximum absolute atomic E-state index is 13.8. The van der Waals surface area contributed by atoms with Gasteiger partial charge in [-0.15, -0.1) is 0 Å². The quantitative estimate of drug-likeness (QED) is 0.727. The Morgan fingerprint density at radius 2 is 2.10 bits per heavy atom. The van der Waals surface area contributed by atoms with Gasteiger partial charge in [0.2, 0.25) is 15.9 Å². The molecule has 2 heterocycles. The van der Waals surface area contributed by atoms with Crippen molar-refractivity contribution >= 4 is 27.7 Å². The van der Waals surface area contributed by atoms with Crippen LogP contribution in [0.15, 0.2) is 33.8 Å². The van der Waals surface area contributed by atoms with Gasteiger partial charge in [-0.2, -0.15) is 4.31 Å². The first-order valence-corrected chi connectivity index (χ1v) is 11.4. The molecule has 1 aliphatic rings. The average Bonchev–Trinajstić information content (AvgIpc) is 3.10. The summed E-state index contributed by atoms with van der Waals surface area (Å²) in [7, 11) is -0.298. The first-order chi connectivity index (χ1) is 14.6. The Morgan fingerprint density at radius 3 is 2.77 bits per heavy atom. The Morgan fingerprint density at radius 1 is 1.35 bits per heavy atom. The van der Waals surface area contributed by atoms with E-state index in [9.17, 15) is 17.6 Å². The van der Waals surface area contributed by atoms with Crippen molar-refractivity contribution < 1.29 is 22.1 Å². The molecule has 1 fully saturated rings. The Labute approximate surface area is 181 Å². The summed E-state index contributed by atoms with van der Waals surface area (Å²) in [5, 5.41) is 6.51. The van der Waals surface area contributed by atoms with Gasteiger partial charge in [-0.25, -0.2) is 12.8 Å². The maximum atomic E-state index is 13.8. The van der Waals surface area contributed by atoms with Gasteiger partial charge in [0, 0.05) is 45.1 Å². The second-order valence-electron chi connectivity index (χ2n) is 7.90. The molecule has 2 aromatic rings. The van der Waals surface area contributed by atoms with Crippen LogP contribution in [0.3, 0.4) is 0 Å². The van der Waals surface area contributed by atoms with Crippen LogP contribution in [0.5, 0.6) is 0 Å². The van der Waals surface area contributed by atoms with Crippen LogP contribution < -0.4 is 5.32 Å². The molecule has 1 aromatic carbocycles. The zero-order valence-corrected chi connectivity index (χ0v) is 18.9. The summed E-state index contributed by atoms with van der Waals surface area (Å²) < 4.78 is 47.0. The Kier molecular flexibility index (Phi) is 6.80. The molecule has 1 saturated heterocycles. The molecule has 1 amide bonds. The second-order valence-corrected chi connectivity index (χ2v) is 9.77. The fourth-order valence-electron chi connectivity index (χ4n) is 3.43. The Hall–Kier alpha value is -2.72. The van der Waals surface area contributed by atoms with Crippen molar-refractivity contribution in [2.75, 3.05) is 32.5 Å². The van der Waals surface area contributed by atoms with Gasteiger partial charge in [0.25, 0.3) is 0 Å². The summed E-state index contributed by atoms with van der Waals surface area (Å²) >= 11 is 0. The van der Waals surface area contributed by atoms with E-state index in [1.165, 1.54) is 10.4 Å². The number of piperidine rings is 1. The number of hydrogen-bond donors (Lipinski definition) is 1. The predicted molar refractivity (Wildman–Crippen MR) is 115 cm³/mol. The number of benzene rings is 1. The van der Waals surface area contributed by atoms with Crippen LogP contribution in [-0.4, -0.2) is 55.9 Å². The minimum atomic E-state index is -3.91. The highest BCUT2D eigenvalue weighted by Gasteiger charge is 2.37. The standard InChI is InChI=1S/C21H27FN4O4S/c1-14-7-8-17(12-18(14)22)23-21(27)16-6-5-10-26(13-16)31(28,29)20-15(2)24-30-19(20)9-11-25(3)4/h7-9,11-12,16H,5-6,10,13H2,1-4H3,(H,23,27). The Balaban J connectivity index is 1.79. The third kappa shape index (κ3) is 5.13. The van der Waals surface area contributed by atoms with Crippen molar-refractivity contribution in [1.29, 1.82) is 0 Å². The van der Waals surface area contributed by atoms with E-state index in [2.05, 4.69) is 10.5 Å². The largest absolute Gasteiger partial charge is 0.383 e. The molecular formula is C21H27FN4O4S. The molecule has 0 saturated carbocycles. The van der Waals surface area contributed by atoms with Crippen LogP contribution >= 0.6 is 0 Å². The molecule has 1 atom stereocenters. The highest BCUT2D eigenvalue weighted by atomic mass is 32.2. The summed E-state index contributed by atoms with van der Waals surface area (Å²) in [6.07, 6.45) is 4.30. The molecular weight excluding hydrogens is 423 g/mol. The minimum Gasteiger partial charge on any atom is -0.383 e. The van der Waals surface area contributed by atoms with Crippen molar-refractivity contribution in [1.82, 2.24) is 14.4 Å². The van der Waals surface area contributed by atoms with Crippen LogP contribution in [0.4, 0.5) is 10.1 Å². The van der Waals surface area contributed by atoms with Crippen LogP contribution in [0.1, 0.15) is 29.9 Å². The van der Waals surface area contributed by atoms with Crippen LogP contribution in [0.25, 0.3) is 6.08 Å². The minimum absolute atomic E-state index is 0.00673. The number of hydrogen-bond acceptors (Lipinski definition) is 6. The molecule has 0 spiro atoms. The number of rotatable bonds is 6. The van der Waals surface area contributed by atoms with Crippen LogP contribution in [0.2, 0.25) is 0 Å². The smallest absolute Gasteiger partial charge is 0.248 e. The predicted octanol–water partition coefficient (Wildman–Crippen LogP) is 3.00. The van der Waals surface area contributed by atoms with Crippen molar-refractivity contribution in [3.8, 4) is 0 Å². The number of carbonyl (C=O) groups is 1. The molecule has 0 radical (unpaired) electrons. The third-order valence-electron chi connectivity index (χ3n) is 5.15. The summed E-state index contributed by atoms with van der Waals surface area (Å²) in [4.78, 5) is 14.5. The van der Waals surface area contributed by atoms with E-state index in [0.717, 1.165) is 0 Å². The summed E-state index contributed by atoms with van der Waals surface area (Å²) in [6.45, 7) is 3.54. The highest BCUT2D eigenvalue weighted by Crippen LogP contribution is 2.29. The van der Waals surface area contributed by atoms with Gasteiger partial charge in [0.05, 0.1) is 5.92 Å². The number of nitrogens with one attached hydrogen (secondary N) is 1. The molecule has 168 valence electrons. The van der Waals surface area contributed by atoms with Crippen molar-refractivity contribution in [3.05, 3.63) is 47.2 Å². The fourth-order valence-corrected chi connectivity index (χ4v) is 5.21. The van der Waals surface area contributed by atoms with Crippen molar-refractivity contribution in [3.63, 3.8) is 0 Å². The molecule has 1 unspecified atom stereocenters. The fraction of sp³-hybridized carbons (Fsp3) is 0.429. The monoisotopic (exact) mass is 450 g/mol. The third-order valence-corrected chi connectivity index (χ3v) is 7.17. The summed E-state index contributed by atoms with van der Waals surface area (Å²) in [5.41, 5.74) is 1.09. The van der Waals surface area contributed by atoms with E-state index in [-0.39, 0.29) is 28.8 Å². The van der Waals surface area contributed by atoms with E-state index in [4.69, 9.17) is 4.52 Å². The number of aryl methyl sites for hydroxylation is 2. The molecule has 0 bridgehead atoms. The summed E-state index contributed by atoms with van der Waals surface area (Å²) in [5.74, 6) is -1.15. The normalized spacial score (nSPS) is 17.8. The number of amides is 1. The molecule has 31 heavy (non-hydrogen) atoms. The lowest BCUT2D eigenvalue weighted by Crippen LogP contribution is -2.43. The van der Waals surface area contributed by atoms with Crippen LogP contribution in [-0.2, 0) is 14.8 Å². The topological polar surface area (TPSA) is 95.8 Å². The highest BCUT2D eigenvalue weighted by molar-refractivity contribution is 7.89. The summed E-state index contributed by atoms with van der Waals surface area (Å²) in [6, 6.07) is 4.46. The van der Waals surface area contributed by atoms with E-state index >= 15 is 0 Å². The van der Waals surface area contributed by atoms with Gasteiger partial charge in [0.1, 0.15) is 11.5 Å². The van der Waals surface area contributed by atoms with E-state index < -0.39 is 21.8 Å². The molecule has 0 aliphatic carbocycles. The lowest BCUT2D eigenvalue weighted by atomic mass is 9.98. The Bertz CT molecular complexity index is 1090. The molecule has 3 rings (SSSR count). The molecule has 1 aliphatic heterocycles. The molecule has 1 N–H and O–H groups in total. The van der Waals surface area contributed by atoms with Crippen LogP contribution in [0, 0.1) is 25.6 Å². The SMILES string of the molecule is Cc1ccc(NC(=O)C2CCCN(S(=O)(=O)c3c(C)noc3C=CN(C)C)C2)cc1F. The molecule has 8 nitrogen and oxygen atoms in total. The number of sulfonamides is 1. The van der Waals surface area contributed by atoms with Gasteiger partial charge in [-0.3, -0.25) is 4.79 Å². The molecule has 1 aromatic heterocycles. The number of nitrogens with zero attached hydrogens (tertiary/aromatic N) is 3. The van der Waals surface area contributed by atoms with E-state index in [1.54, 1.807) is 43.2 Å². The van der Waals surface area contributed by atoms with Gasteiger partial charge >= 0.3 is 0 Å². The van der Waals surface area contributed by atoms with Gasteiger partial charge in [-0.1, -0.05) is 11.2 Å². The first kappa shape index (κ1) is 23.0. The van der Waals surface area contributed by atoms with Gasteiger partial charge in [-0.05, 0) is 44.4 Å². The van der Waals surface area contributed by atoms with E-state index in [0.29, 0.717) is 30.6 Å². The average molecular weight is 451 g/mol. The van der Waals surface area contributed by atoms with Gasteiger partial charge in [0.15, 0.2) is 10.7 Å². The van der Waals surface area contributed by atoms with Crippen molar-refractivity contribution in [2.24, 2.45) is 5.92 Å². The lowest BCUT2D eigenvalue weighted by molar-refractivity contribution is -0.120.